The topological polar surface area (TPSA) is 148 Å². The average Bonchev–Trinajstić information content (AvgIpc) is 3.16. The van der Waals surface area contributed by atoms with Crippen molar-refractivity contribution in [1.29, 1.82) is 0 Å². The van der Waals surface area contributed by atoms with Crippen molar-refractivity contribution in [3.05, 3.63) is 46.6 Å². The molecular formula is C20H25F3N2O7. The summed E-state index contributed by atoms with van der Waals surface area (Å²) in [5, 5.41) is 53.5. The molecule has 1 aliphatic rings. The number of halogens is 3. The van der Waals surface area contributed by atoms with Gasteiger partial charge in [0.05, 0.1) is 12.2 Å². The Morgan fingerprint density at radius 3 is 2.25 bits per heavy atom. The lowest BCUT2D eigenvalue weighted by atomic mass is 9.99. The molecule has 0 amide bonds. The number of aliphatic hydroxyl groups excluding tert-OH is 5. The molecule has 0 aliphatic carbocycles. The van der Waals surface area contributed by atoms with E-state index in [2.05, 4.69) is 5.10 Å². The highest BCUT2D eigenvalue weighted by molar-refractivity contribution is 5.38. The van der Waals surface area contributed by atoms with E-state index in [4.69, 9.17) is 14.6 Å². The summed E-state index contributed by atoms with van der Waals surface area (Å²) in [5.74, 6) is -0.494. The number of aryl methyl sites for hydroxylation is 1. The first-order valence-electron chi connectivity index (χ1n) is 9.96. The van der Waals surface area contributed by atoms with E-state index in [9.17, 15) is 33.6 Å². The van der Waals surface area contributed by atoms with E-state index >= 15 is 0 Å². The van der Waals surface area contributed by atoms with Gasteiger partial charge >= 0.3 is 6.18 Å². The smallest absolute Gasteiger partial charge is 0.433 e. The maximum Gasteiger partial charge on any atom is 0.433 e. The average molecular weight is 462 g/mol. The summed E-state index contributed by atoms with van der Waals surface area (Å²) in [6, 6.07) is 6.79. The Labute approximate surface area is 181 Å². The second kappa shape index (κ2) is 10.1. The second-order valence-corrected chi connectivity index (χ2v) is 7.52. The predicted molar refractivity (Wildman–Crippen MR) is 103 cm³/mol. The highest BCUT2D eigenvalue weighted by atomic mass is 19.4. The van der Waals surface area contributed by atoms with Gasteiger partial charge in [-0.25, -0.2) is 0 Å². The molecule has 1 unspecified atom stereocenters. The van der Waals surface area contributed by atoms with Gasteiger partial charge in [0.1, 0.15) is 30.1 Å². The Balaban J connectivity index is 1.85. The molecule has 9 nitrogen and oxygen atoms in total. The molecule has 0 saturated carbocycles. The first-order valence-corrected chi connectivity index (χ1v) is 9.96. The molecular weight excluding hydrogens is 437 g/mol. The van der Waals surface area contributed by atoms with Gasteiger partial charge in [-0.2, -0.15) is 13.2 Å². The number of aromatic amines is 1. The summed E-state index contributed by atoms with van der Waals surface area (Å²) < 4.78 is 51.1. The van der Waals surface area contributed by atoms with Crippen molar-refractivity contribution in [2.24, 2.45) is 0 Å². The van der Waals surface area contributed by atoms with E-state index in [1.807, 2.05) is 5.10 Å². The van der Waals surface area contributed by atoms with Crippen molar-refractivity contribution >= 4 is 0 Å². The third-order valence-electron chi connectivity index (χ3n) is 5.22. The number of hydrogen-bond acceptors (Lipinski definition) is 8. The number of H-pyrrole nitrogens is 1. The number of nitrogens with zero attached hydrogens (tertiary/aromatic N) is 1. The molecule has 3 rings (SSSR count). The molecule has 178 valence electrons. The van der Waals surface area contributed by atoms with Gasteiger partial charge in [0.25, 0.3) is 0 Å². The molecule has 0 spiro atoms. The van der Waals surface area contributed by atoms with Crippen LogP contribution in [0.25, 0.3) is 0 Å². The fourth-order valence-electron chi connectivity index (χ4n) is 3.43. The maximum absolute atomic E-state index is 13.5. The number of benzene rings is 1. The molecule has 1 aromatic heterocycles. The van der Waals surface area contributed by atoms with Gasteiger partial charge in [0.2, 0.25) is 12.2 Å². The molecule has 1 fully saturated rings. The van der Waals surface area contributed by atoms with E-state index in [0.717, 1.165) is 5.56 Å². The van der Waals surface area contributed by atoms with E-state index in [1.54, 1.807) is 24.3 Å². The van der Waals surface area contributed by atoms with Gasteiger partial charge < -0.3 is 35.0 Å². The van der Waals surface area contributed by atoms with Gasteiger partial charge in [-0.05, 0) is 24.0 Å². The summed E-state index contributed by atoms with van der Waals surface area (Å²) in [6.45, 7) is -0.682. The number of aliphatic hydroxyl groups is 5. The van der Waals surface area contributed by atoms with Crippen LogP contribution in [0.1, 0.15) is 28.8 Å². The Hall–Kier alpha value is -2.22. The van der Waals surface area contributed by atoms with Crippen molar-refractivity contribution in [3.8, 4) is 5.88 Å². The van der Waals surface area contributed by atoms with E-state index in [-0.39, 0.29) is 18.6 Å². The molecule has 2 heterocycles. The van der Waals surface area contributed by atoms with Crippen molar-refractivity contribution in [2.45, 2.75) is 56.1 Å². The molecule has 32 heavy (non-hydrogen) atoms. The van der Waals surface area contributed by atoms with E-state index in [0.29, 0.717) is 18.4 Å². The second-order valence-electron chi connectivity index (χ2n) is 7.52. The first kappa shape index (κ1) is 24.4. The van der Waals surface area contributed by atoms with Gasteiger partial charge in [-0.3, -0.25) is 5.10 Å². The number of ether oxygens (including phenoxy) is 2. The molecule has 1 aromatic carbocycles. The largest absolute Gasteiger partial charge is 0.443 e. The lowest BCUT2D eigenvalue weighted by molar-refractivity contribution is -0.278. The minimum atomic E-state index is -4.76. The molecule has 5 atom stereocenters. The third kappa shape index (κ3) is 5.39. The molecule has 0 radical (unpaired) electrons. The van der Waals surface area contributed by atoms with Crippen molar-refractivity contribution in [2.75, 3.05) is 13.2 Å². The van der Waals surface area contributed by atoms with Crippen LogP contribution in [0.5, 0.6) is 5.88 Å². The monoisotopic (exact) mass is 462 g/mol. The normalized spacial score (nSPS) is 26.3. The van der Waals surface area contributed by atoms with Crippen LogP contribution in [0.3, 0.4) is 0 Å². The molecule has 1 saturated heterocycles. The number of nitrogens with one attached hydrogen (secondary N) is 1. The molecule has 0 bridgehead atoms. The summed E-state index contributed by atoms with van der Waals surface area (Å²) in [5.41, 5.74) is -0.0221. The maximum atomic E-state index is 13.5. The minimum Gasteiger partial charge on any atom is -0.443 e. The van der Waals surface area contributed by atoms with Gasteiger partial charge in [0.15, 0.2) is 0 Å². The zero-order valence-corrected chi connectivity index (χ0v) is 16.9. The van der Waals surface area contributed by atoms with Crippen LogP contribution in [-0.2, 0) is 23.8 Å². The molecule has 12 heteroatoms. The molecule has 6 N–H and O–H groups in total. The van der Waals surface area contributed by atoms with Gasteiger partial charge in [-0.15, -0.1) is 5.10 Å². The quantitative estimate of drug-likeness (QED) is 0.324. The highest BCUT2D eigenvalue weighted by Gasteiger charge is 2.46. The Kier molecular flexibility index (Phi) is 7.75. The Morgan fingerprint density at radius 2 is 1.66 bits per heavy atom. The number of alkyl halides is 3. The summed E-state index contributed by atoms with van der Waals surface area (Å²) in [6.07, 6.45) is -11.9. The van der Waals surface area contributed by atoms with Crippen molar-refractivity contribution in [1.82, 2.24) is 10.2 Å². The number of aromatic nitrogens is 2. The predicted octanol–water partition coefficient (Wildman–Crippen LogP) is 0.123. The Morgan fingerprint density at radius 1 is 1.00 bits per heavy atom. The first-order chi connectivity index (χ1) is 15.2. The van der Waals surface area contributed by atoms with Crippen LogP contribution in [0, 0.1) is 0 Å². The summed E-state index contributed by atoms with van der Waals surface area (Å²) in [4.78, 5) is 0. The SMILES string of the molecule is OCCCc1ccc(Cc2c(OC3O[C@H](CO)[C@@H](O)[C@H](O)[C@H]3O)n[nH]c2C(F)(F)F)cc1. The van der Waals surface area contributed by atoms with E-state index < -0.39 is 55.1 Å². The van der Waals surface area contributed by atoms with Crippen LogP contribution >= 0.6 is 0 Å². The van der Waals surface area contributed by atoms with Gasteiger partial charge in [0, 0.05) is 13.0 Å². The fraction of sp³-hybridized carbons (Fsp3) is 0.550. The lowest BCUT2D eigenvalue weighted by Gasteiger charge is -2.39. The zero-order chi connectivity index (χ0) is 23.5. The standard InChI is InChI=1S/C20H25F3N2O7/c21-20(22,23)17-12(8-11-5-3-10(4-6-11)2-1-7-26)18(25-24-17)32-19-16(30)15(29)14(28)13(9-27)31-19/h3-6,13-16,19,26-30H,1-2,7-9H2,(H,24,25)/t13-,14-,15+,16-,19?/m1/s1. The van der Waals surface area contributed by atoms with Crippen LogP contribution < -0.4 is 4.74 Å². The minimum absolute atomic E-state index is 0.0321. The van der Waals surface area contributed by atoms with Crippen LogP contribution in [-0.4, -0.2) is 79.6 Å². The molecule has 2 aromatic rings. The fourth-order valence-corrected chi connectivity index (χ4v) is 3.43. The molecule has 1 aliphatic heterocycles. The number of hydrogen-bond donors (Lipinski definition) is 6. The van der Waals surface area contributed by atoms with Crippen LogP contribution in [0.4, 0.5) is 13.2 Å². The van der Waals surface area contributed by atoms with Crippen molar-refractivity contribution in [3.63, 3.8) is 0 Å². The lowest BCUT2D eigenvalue weighted by Crippen LogP contribution is -2.60. The summed E-state index contributed by atoms with van der Waals surface area (Å²) >= 11 is 0. The highest BCUT2D eigenvalue weighted by Crippen LogP contribution is 2.36. The summed E-state index contributed by atoms with van der Waals surface area (Å²) in [7, 11) is 0. The van der Waals surface area contributed by atoms with Crippen LogP contribution in [0.2, 0.25) is 0 Å². The third-order valence-corrected chi connectivity index (χ3v) is 5.22. The van der Waals surface area contributed by atoms with Crippen LogP contribution in [0.15, 0.2) is 24.3 Å². The zero-order valence-electron chi connectivity index (χ0n) is 16.9. The Bertz CT molecular complexity index is 873. The van der Waals surface area contributed by atoms with E-state index in [1.165, 1.54) is 0 Å². The van der Waals surface area contributed by atoms with Crippen molar-refractivity contribution < 1.29 is 48.2 Å². The number of rotatable bonds is 8. The van der Waals surface area contributed by atoms with Gasteiger partial charge in [-0.1, -0.05) is 24.3 Å².